The standard InChI is InChI=1S/C15H28N2O2/c1-4-10-16-15(12-8-9-12,14(18)19-3)11-17(2)13-6-5-7-13/h12-13,16H,4-11H2,1-3H3. The Balaban J connectivity index is 2.08. The molecule has 0 aromatic carbocycles. The molecule has 0 aromatic rings. The average Bonchev–Trinajstić information content (AvgIpc) is 3.15. The number of hydrogen-bond donors (Lipinski definition) is 1. The first-order valence-electron chi connectivity index (χ1n) is 7.67. The molecule has 110 valence electrons. The quantitative estimate of drug-likeness (QED) is 0.682. The van der Waals surface area contributed by atoms with E-state index in [1.807, 2.05) is 0 Å². The van der Waals surface area contributed by atoms with Crippen LogP contribution in [0.15, 0.2) is 0 Å². The van der Waals surface area contributed by atoms with Gasteiger partial charge >= 0.3 is 5.97 Å². The number of esters is 1. The number of nitrogens with one attached hydrogen (secondary N) is 1. The van der Waals surface area contributed by atoms with E-state index in [0.717, 1.165) is 32.4 Å². The third kappa shape index (κ3) is 3.11. The van der Waals surface area contributed by atoms with Crippen molar-refractivity contribution in [2.45, 2.75) is 57.0 Å². The highest BCUT2D eigenvalue weighted by Crippen LogP contribution is 2.41. The normalized spacial score (nSPS) is 22.9. The van der Waals surface area contributed by atoms with Crippen LogP contribution in [0.2, 0.25) is 0 Å². The molecule has 0 spiro atoms. The van der Waals surface area contributed by atoms with E-state index in [1.54, 1.807) is 0 Å². The summed E-state index contributed by atoms with van der Waals surface area (Å²) in [6, 6.07) is 0.659. The SMILES string of the molecule is CCCNC(CN(C)C1CCC1)(C(=O)OC)C1CC1. The minimum absolute atomic E-state index is 0.0744. The third-order valence-corrected chi connectivity index (χ3v) is 4.71. The summed E-state index contributed by atoms with van der Waals surface area (Å²) in [7, 11) is 3.66. The molecule has 2 saturated carbocycles. The highest BCUT2D eigenvalue weighted by Gasteiger charge is 2.52. The van der Waals surface area contributed by atoms with Crippen molar-refractivity contribution >= 4 is 5.97 Å². The first-order valence-corrected chi connectivity index (χ1v) is 7.67. The van der Waals surface area contributed by atoms with Gasteiger partial charge in [-0.05, 0) is 51.6 Å². The number of carbonyl (C=O) groups excluding carboxylic acids is 1. The van der Waals surface area contributed by atoms with Gasteiger partial charge in [-0.2, -0.15) is 0 Å². The second-order valence-electron chi connectivity index (χ2n) is 6.16. The maximum Gasteiger partial charge on any atom is 0.327 e. The molecule has 0 aromatic heterocycles. The minimum Gasteiger partial charge on any atom is -0.468 e. The Kier molecular flexibility index (Phi) is 4.85. The molecule has 0 radical (unpaired) electrons. The van der Waals surface area contributed by atoms with Crippen LogP contribution >= 0.6 is 0 Å². The molecule has 0 saturated heterocycles. The van der Waals surface area contributed by atoms with Crippen molar-refractivity contribution in [2.75, 3.05) is 27.2 Å². The van der Waals surface area contributed by atoms with E-state index in [9.17, 15) is 4.79 Å². The molecule has 0 aliphatic heterocycles. The summed E-state index contributed by atoms with van der Waals surface area (Å²) in [4.78, 5) is 14.7. The van der Waals surface area contributed by atoms with Gasteiger partial charge < -0.3 is 15.0 Å². The summed E-state index contributed by atoms with van der Waals surface area (Å²) >= 11 is 0. The van der Waals surface area contributed by atoms with Gasteiger partial charge in [-0.3, -0.25) is 0 Å². The Hall–Kier alpha value is -0.610. The number of likely N-dealkylation sites (N-methyl/N-ethyl adjacent to an activating group) is 1. The van der Waals surface area contributed by atoms with Gasteiger partial charge in [0.15, 0.2) is 0 Å². The first kappa shape index (κ1) is 14.8. The molecule has 1 atom stereocenters. The van der Waals surface area contributed by atoms with Gasteiger partial charge in [-0.25, -0.2) is 4.79 Å². The molecule has 0 bridgehead atoms. The van der Waals surface area contributed by atoms with Crippen LogP contribution < -0.4 is 5.32 Å². The lowest BCUT2D eigenvalue weighted by Gasteiger charge is -2.41. The lowest BCUT2D eigenvalue weighted by molar-refractivity contribution is -0.151. The summed E-state index contributed by atoms with van der Waals surface area (Å²) in [6.07, 6.45) is 7.19. The largest absolute Gasteiger partial charge is 0.468 e. The molecule has 0 amide bonds. The fraction of sp³-hybridized carbons (Fsp3) is 0.933. The predicted octanol–water partition coefficient (Wildman–Crippen LogP) is 1.79. The van der Waals surface area contributed by atoms with Crippen molar-refractivity contribution in [3.8, 4) is 0 Å². The van der Waals surface area contributed by atoms with Crippen LogP contribution in [0.3, 0.4) is 0 Å². The van der Waals surface area contributed by atoms with Crippen molar-refractivity contribution in [1.29, 1.82) is 0 Å². The number of nitrogens with zero attached hydrogens (tertiary/aromatic N) is 1. The summed E-state index contributed by atoms with van der Waals surface area (Å²) in [6.45, 7) is 3.80. The lowest BCUT2D eigenvalue weighted by Crippen LogP contribution is -2.62. The van der Waals surface area contributed by atoms with Crippen LogP contribution in [0.5, 0.6) is 0 Å². The fourth-order valence-electron chi connectivity index (χ4n) is 3.09. The van der Waals surface area contributed by atoms with Crippen LogP contribution in [-0.4, -0.2) is 49.7 Å². The zero-order valence-corrected chi connectivity index (χ0v) is 12.6. The van der Waals surface area contributed by atoms with Crippen molar-refractivity contribution in [3.63, 3.8) is 0 Å². The Morgan fingerprint density at radius 1 is 1.37 bits per heavy atom. The zero-order valence-electron chi connectivity index (χ0n) is 12.6. The summed E-state index contributed by atoms with van der Waals surface area (Å²) < 4.78 is 5.12. The molecule has 1 unspecified atom stereocenters. The Morgan fingerprint density at radius 2 is 2.05 bits per heavy atom. The molecule has 2 rings (SSSR count). The molecule has 2 fully saturated rings. The molecule has 19 heavy (non-hydrogen) atoms. The highest BCUT2D eigenvalue weighted by molar-refractivity contribution is 5.82. The van der Waals surface area contributed by atoms with Gasteiger partial charge in [0.2, 0.25) is 0 Å². The predicted molar refractivity (Wildman–Crippen MR) is 76.0 cm³/mol. The van der Waals surface area contributed by atoms with Crippen molar-refractivity contribution in [1.82, 2.24) is 10.2 Å². The van der Waals surface area contributed by atoms with Crippen molar-refractivity contribution in [2.24, 2.45) is 5.92 Å². The van der Waals surface area contributed by atoms with Gasteiger partial charge in [-0.15, -0.1) is 0 Å². The van der Waals surface area contributed by atoms with E-state index in [2.05, 4.69) is 24.2 Å². The fourth-order valence-corrected chi connectivity index (χ4v) is 3.09. The van der Waals surface area contributed by atoms with Gasteiger partial charge in [0.05, 0.1) is 7.11 Å². The number of rotatable bonds is 8. The zero-order chi connectivity index (χ0) is 13.9. The smallest absolute Gasteiger partial charge is 0.327 e. The topological polar surface area (TPSA) is 41.6 Å². The Labute approximate surface area is 116 Å². The van der Waals surface area contributed by atoms with Crippen LogP contribution in [0, 0.1) is 5.92 Å². The monoisotopic (exact) mass is 268 g/mol. The average molecular weight is 268 g/mol. The Morgan fingerprint density at radius 3 is 2.47 bits per heavy atom. The number of methoxy groups -OCH3 is 1. The van der Waals surface area contributed by atoms with Crippen molar-refractivity contribution < 1.29 is 9.53 Å². The third-order valence-electron chi connectivity index (χ3n) is 4.71. The van der Waals surface area contributed by atoms with Crippen LogP contribution in [0.25, 0.3) is 0 Å². The van der Waals surface area contributed by atoms with E-state index >= 15 is 0 Å². The van der Waals surface area contributed by atoms with Gasteiger partial charge in [-0.1, -0.05) is 13.3 Å². The molecule has 2 aliphatic rings. The molecular formula is C15H28N2O2. The molecule has 1 N–H and O–H groups in total. The van der Waals surface area contributed by atoms with Gasteiger partial charge in [0.1, 0.15) is 5.54 Å². The van der Waals surface area contributed by atoms with Gasteiger partial charge in [0, 0.05) is 12.6 Å². The number of hydrogen-bond acceptors (Lipinski definition) is 4. The lowest BCUT2D eigenvalue weighted by atomic mass is 9.87. The minimum atomic E-state index is -0.477. The van der Waals surface area contributed by atoms with E-state index in [-0.39, 0.29) is 5.97 Å². The summed E-state index contributed by atoms with van der Waals surface area (Å²) in [5.74, 6) is 0.378. The maximum absolute atomic E-state index is 12.4. The van der Waals surface area contributed by atoms with Crippen LogP contribution in [0.1, 0.15) is 45.4 Å². The molecular weight excluding hydrogens is 240 g/mol. The molecule has 4 nitrogen and oxygen atoms in total. The summed E-state index contributed by atoms with van der Waals surface area (Å²) in [5, 5.41) is 3.51. The molecule has 4 heteroatoms. The number of ether oxygens (including phenoxy) is 1. The molecule has 0 heterocycles. The van der Waals surface area contributed by atoms with Crippen LogP contribution in [0.4, 0.5) is 0 Å². The van der Waals surface area contributed by atoms with Gasteiger partial charge in [0.25, 0.3) is 0 Å². The summed E-state index contributed by atoms with van der Waals surface area (Å²) in [5.41, 5.74) is -0.477. The highest BCUT2D eigenvalue weighted by atomic mass is 16.5. The second-order valence-corrected chi connectivity index (χ2v) is 6.16. The van der Waals surface area contributed by atoms with E-state index in [1.165, 1.54) is 26.4 Å². The van der Waals surface area contributed by atoms with Crippen LogP contribution in [-0.2, 0) is 9.53 Å². The van der Waals surface area contributed by atoms with Crippen molar-refractivity contribution in [3.05, 3.63) is 0 Å². The maximum atomic E-state index is 12.4. The van der Waals surface area contributed by atoms with E-state index in [4.69, 9.17) is 4.74 Å². The molecule has 2 aliphatic carbocycles. The Bertz CT molecular complexity index is 313. The second kappa shape index (κ2) is 6.23. The van der Waals surface area contributed by atoms with E-state index < -0.39 is 5.54 Å². The van der Waals surface area contributed by atoms with E-state index in [0.29, 0.717) is 12.0 Å². The first-order chi connectivity index (χ1) is 9.14. The number of carbonyl (C=O) groups is 1.